The van der Waals surface area contributed by atoms with Gasteiger partial charge in [0.15, 0.2) is 0 Å². The Bertz CT molecular complexity index is 379. The maximum absolute atomic E-state index is 2.42. The highest BCUT2D eigenvalue weighted by Crippen LogP contribution is 2.21. The topological polar surface area (TPSA) is 0 Å². The molecule has 25 heavy (non-hydrogen) atoms. The Morgan fingerprint density at radius 1 is 0.480 bits per heavy atom. The van der Waals surface area contributed by atoms with Crippen molar-refractivity contribution in [3.8, 4) is 0 Å². The molecule has 1 heterocycles. The van der Waals surface area contributed by atoms with E-state index >= 15 is 0 Å². The molecule has 0 aliphatic rings. The highest BCUT2D eigenvalue weighted by Gasteiger charge is 2.04. The third kappa shape index (κ3) is 12.7. The van der Waals surface area contributed by atoms with Gasteiger partial charge in [0.25, 0.3) is 0 Å². The van der Waals surface area contributed by atoms with Crippen LogP contribution in [0.5, 0.6) is 0 Å². The van der Waals surface area contributed by atoms with Gasteiger partial charge in [0.1, 0.15) is 0 Å². The third-order valence-corrected chi connectivity index (χ3v) is 6.27. The van der Waals surface area contributed by atoms with Crippen molar-refractivity contribution in [2.75, 3.05) is 0 Å². The lowest BCUT2D eigenvalue weighted by atomic mass is 10.00. The molecule has 0 aliphatic carbocycles. The molecule has 146 valence electrons. The predicted molar refractivity (Wildman–Crippen MR) is 117 cm³/mol. The molecule has 0 saturated heterocycles. The molecule has 0 N–H and O–H groups in total. The number of rotatable bonds is 18. The van der Waals surface area contributed by atoms with Crippen LogP contribution >= 0.6 is 11.3 Å². The van der Waals surface area contributed by atoms with Crippen LogP contribution in [0, 0.1) is 0 Å². The van der Waals surface area contributed by atoms with E-state index in [0.29, 0.717) is 0 Å². The number of thiophene rings is 1. The van der Waals surface area contributed by atoms with Gasteiger partial charge in [-0.1, -0.05) is 104 Å². The summed E-state index contributed by atoms with van der Waals surface area (Å²) in [6.07, 6.45) is 25.5. The normalized spacial score (nSPS) is 11.3. The van der Waals surface area contributed by atoms with Crippen molar-refractivity contribution >= 4 is 11.3 Å². The number of aryl methyl sites for hydroxylation is 2. The molecule has 0 saturated carbocycles. The van der Waals surface area contributed by atoms with Gasteiger partial charge in [0.2, 0.25) is 0 Å². The fourth-order valence-electron chi connectivity index (χ4n) is 3.69. The molecule has 0 bridgehead atoms. The molecule has 1 heteroatoms. The number of hydrogen-bond acceptors (Lipinski definition) is 1. The second-order valence-corrected chi connectivity index (χ2v) is 8.62. The van der Waals surface area contributed by atoms with Gasteiger partial charge in [0, 0.05) is 0 Å². The van der Waals surface area contributed by atoms with E-state index in [1.807, 2.05) is 11.3 Å². The van der Waals surface area contributed by atoms with Gasteiger partial charge in [0.05, 0.1) is 0 Å². The van der Waals surface area contributed by atoms with Crippen molar-refractivity contribution in [1.82, 2.24) is 0 Å². The van der Waals surface area contributed by atoms with E-state index in [0.717, 1.165) is 0 Å². The first kappa shape index (κ1) is 22.7. The smallest absolute Gasteiger partial charge is 0.00584 e. The monoisotopic (exact) mass is 364 g/mol. The molecule has 1 rings (SSSR count). The molecule has 0 fully saturated rings. The van der Waals surface area contributed by atoms with Gasteiger partial charge in [-0.15, -0.1) is 0 Å². The summed E-state index contributed by atoms with van der Waals surface area (Å²) in [5.41, 5.74) is 3.33. The standard InChI is InChI=1S/C24H44S/c1-3-5-7-9-11-12-14-16-18-20-24-22-25-21-23(24)19-17-15-13-10-8-6-4-2/h21-22H,3-20H2,1-2H3. The minimum atomic E-state index is 1.32. The van der Waals surface area contributed by atoms with Crippen molar-refractivity contribution in [3.63, 3.8) is 0 Å². The van der Waals surface area contributed by atoms with Crippen LogP contribution in [0.15, 0.2) is 10.8 Å². The van der Waals surface area contributed by atoms with Crippen LogP contribution in [0.1, 0.15) is 128 Å². The van der Waals surface area contributed by atoms with Crippen LogP contribution in [0.3, 0.4) is 0 Å². The molecule has 0 amide bonds. The Morgan fingerprint density at radius 2 is 0.800 bits per heavy atom. The molecule has 1 aromatic heterocycles. The molecule has 0 spiro atoms. The first-order chi connectivity index (χ1) is 12.4. The quantitative estimate of drug-likeness (QED) is 0.228. The van der Waals surface area contributed by atoms with Crippen LogP contribution in [0.4, 0.5) is 0 Å². The fraction of sp³-hybridized carbons (Fsp3) is 0.833. The number of unbranched alkanes of at least 4 members (excludes halogenated alkanes) is 14. The summed E-state index contributed by atoms with van der Waals surface area (Å²) in [7, 11) is 0. The highest BCUT2D eigenvalue weighted by atomic mass is 32.1. The highest BCUT2D eigenvalue weighted by molar-refractivity contribution is 7.08. The molecule has 0 radical (unpaired) electrons. The molecule has 1 aromatic rings. The van der Waals surface area contributed by atoms with Crippen LogP contribution in [0.25, 0.3) is 0 Å². The second kappa shape index (κ2) is 17.1. The van der Waals surface area contributed by atoms with Gasteiger partial charge in [-0.2, -0.15) is 11.3 Å². The van der Waals surface area contributed by atoms with E-state index in [2.05, 4.69) is 24.6 Å². The van der Waals surface area contributed by atoms with Crippen molar-refractivity contribution in [2.45, 2.75) is 129 Å². The van der Waals surface area contributed by atoms with E-state index < -0.39 is 0 Å². The summed E-state index contributed by atoms with van der Waals surface area (Å²) in [5.74, 6) is 0. The van der Waals surface area contributed by atoms with Gasteiger partial charge < -0.3 is 0 Å². The Morgan fingerprint density at radius 3 is 1.16 bits per heavy atom. The Hall–Kier alpha value is -0.300. The summed E-state index contributed by atoms with van der Waals surface area (Å²) in [4.78, 5) is 0. The van der Waals surface area contributed by atoms with E-state index in [9.17, 15) is 0 Å². The molecule has 0 unspecified atom stereocenters. The molecule has 0 aliphatic heterocycles. The predicted octanol–water partition coefficient (Wildman–Crippen LogP) is 9.11. The lowest BCUT2D eigenvalue weighted by molar-refractivity contribution is 0.564. The zero-order valence-corrected chi connectivity index (χ0v) is 18.1. The summed E-state index contributed by atoms with van der Waals surface area (Å²) in [5, 5.41) is 4.83. The minimum Gasteiger partial charge on any atom is -0.152 e. The summed E-state index contributed by atoms with van der Waals surface area (Å²) in [6, 6.07) is 0. The van der Waals surface area contributed by atoms with Gasteiger partial charge >= 0.3 is 0 Å². The summed E-state index contributed by atoms with van der Waals surface area (Å²) < 4.78 is 0. The van der Waals surface area contributed by atoms with E-state index in [1.165, 1.54) is 116 Å². The lowest BCUT2D eigenvalue weighted by Crippen LogP contribution is -1.92. The maximum Gasteiger partial charge on any atom is -0.00584 e. The van der Waals surface area contributed by atoms with Crippen molar-refractivity contribution in [3.05, 3.63) is 21.9 Å². The summed E-state index contributed by atoms with van der Waals surface area (Å²) in [6.45, 7) is 4.60. The lowest BCUT2D eigenvalue weighted by Gasteiger charge is -2.05. The van der Waals surface area contributed by atoms with Gasteiger partial charge in [-0.3, -0.25) is 0 Å². The van der Waals surface area contributed by atoms with Crippen LogP contribution in [-0.4, -0.2) is 0 Å². The SMILES string of the molecule is CCCCCCCCCCCc1cscc1CCCCCCCCC. The average molecular weight is 365 g/mol. The molecule has 0 atom stereocenters. The first-order valence-electron chi connectivity index (χ1n) is 11.4. The molecular weight excluding hydrogens is 320 g/mol. The minimum absolute atomic E-state index is 1.32. The Labute approximate surface area is 162 Å². The van der Waals surface area contributed by atoms with Crippen LogP contribution in [-0.2, 0) is 12.8 Å². The summed E-state index contributed by atoms with van der Waals surface area (Å²) >= 11 is 1.92. The van der Waals surface area contributed by atoms with Crippen molar-refractivity contribution < 1.29 is 0 Å². The first-order valence-corrected chi connectivity index (χ1v) is 12.4. The Balaban J connectivity index is 1.99. The molecular formula is C24H44S. The zero-order valence-electron chi connectivity index (χ0n) is 17.3. The van der Waals surface area contributed by atoms with Crippen molar-refractivity contribution in [1.29, 1.82) is 0 Å². The van der Waals surface area contributed by atoms with Crippen molar-refractivity contribution in [2.24, 2.45) is 0 Å². The maximum atomic E-state index is 2.42. The van der Waals surface area contributed by atoms with E-state index in [-0.39, 0.29) is 0 Å². The number of hydrogen-bond donors (Lipinski definition) is 0. The Kier molecular flexibility index (Phi) is 15.6. The average Bonchev–Trinajstić information content (AvgIpc) is 3.07. The second-order valence-electron chi connectivity index (χ2n) is 7.87. The zero-order chi connectivity index (χ0) is 18.0. The van der Waals surface area contributed by atoms with E-state index in [4.69, 9.17) is 0 Å². The van der Waals surface area contributed by atoms with Gasteiger partial charge in [-0.05, 0) is 47.6 Å². The van der Waals surface area contributed by atoms with Gasteiger partial charge in [-0.25, -0.2) is 0 Å². The molecule has 0 nitrogen and oxygen atoms in total. The largest absolute Gasteiger partial charge is 0.152 e. The van der Waals surface area contributed by atoms with Crippen LogP contribution in [0.2, 0.25) is 0 Å². The molecule has 0 aromatic carbocycles. The van der Waals surface area contributed by atoms with Crippen LogP contribution < -0.4 is 0 Å². The van der Waals surface area contributed by atoms with E-state index in [1.54, 1.807) is 11.1 Å². The third-order valence-electron chi connectivity index (χ3n) is 5.43. The fourth-order valence-corrected chi connectivity index (χ4v) is 4.62.